The summed E-state index contributed by atoms with van der Waals surface area (Å²) in [5, 5.41) is 13.0. The molecule has 5 nitrogen and oxygen atoms in total. The van der Waals surface area contributed by atoms with Crippen LogP contribution in [-0.2, 0) is 0 Å². The maximum atomic E-state index is 6.05. The number of nitrogens with zero attached hydrogens (tertiary/aromatic N) is 3. The third kappa shape index (κ3) is 1.62. The van der Waals surface area contributed by atoms with Gasteiger partial charge in [0.1, 0.15) is 11.5 Å². The van der Waals surface area contributed by atoms with Crippen LogP contribution < -0.4 is 5.73 Å². The summed E-state index contributed by atoms with van der Waals surface area (Å²) in [5.41, 5.74) is 8.90. The summed E-state index contributed by atoms with van der Waals surface area (Å²) < 4.78 is 2.03. The average molecular weight is 267 g/mol. The van der Waals surface area contributed by atoms with Crippen LogP contribution in [0.3, 0.4) is 0 Å². The van der Waals surface area contributed by atoms with Crippen molar-refractivity contribution in [3.8, 4) is 11.3 Å². The number of H-pyrrole nitrogens is 1. The first-order valence-corrected chi connectivity index (χ1v) is 7.03. The number of nitrogen functional groups attached to an aromatic ring is 1. The number of anilines is 1. The first-order valence-electron chi connectivity index (χ1n) is 7.03. The Labute approximate surface area is 116 Å². The maximum absolute atomic E-state index is 6.05. The number of aromatic nitrogens is 4. The molecular weight excluding hydrogens is 250 g/mol. The van der Waals surface area contributed by atoms with Crippen LogP contribution >= 0.6 is 0 Å². The van der Waals surface area contributed by atoms with Crippen molar-refractivity contribution in [1.82, 2.24) is 20.0 Å². The molecule has 2 heterocycles. The van der Waals surface area contributed by atoms with Crippen molar-refractivity contribution in [2.24, 2.45) is 5.92 Å². The zero-order chi connectivity index (χ0) is 13.7. The lowest BCUT2D eigenvalue weighted by molar-refractivity contribution is 0.451. The Morgan fingerprint density at radius 2 is 2.05 bits per heavy atom. The molecule has 4 rings (SSSR count). The number of hydrogen-bond donors (Lipinski definition) is 2. The van der Waals surface area contributed by atoms with Gasteiger partial charge < -0.3 is 5.73 Å². The highest BCUT2D eigenvalue weighted by Crippen LogP contribution is 2.41. The van der Waals surface area contributed by atoms with Gasteiger partial charge in [-0.2, -0.15) is 10.2 Å². The highest BCUT2D eigenvalue weighted by molar-refractivity contribution is 5.98. The fourth-order valence-electron chi connectivity index (χ4n) is 2.81. The summed E-state index contributed by atoms with van der Waals surface area (Å²) in [6.07, 6.45) is 2.56. The Kier molecular flexibility index (Phi) is 2.36. The fourth-order valence-corrected chi connectivity index (χ4v) is 2.81. The van der Waals surface area contributed by atoms with Crippen LogP contribution in [-0.4, -0.2) is 20.0 Å². The van der Waals surface area contributed by atoms with E-state index in [1.54, 1.807) is 0 Å². The highest BCUT2D eigenvalue weighted by atomic mass is 15.4. The summed E-state index contributed by atoms with van der Waals surface area (Å²) >= 11 is 0. The van der Waals surface area contributed by atoms with E-state index in [2.05, 4.69) is 29.3 Å². The van der Waals surface area contributed by atoms with E-state index >= 15 is 0 Å². The van der Waals surface area contributed by atoms with Crippen molar-refractivity contribution in [2.75, 3.05) is 5.73 Å². The molecule has 0 saturated heterocycles. The minimum absolute atomic E-state index is 0.373. The third-order valence-electron chi connectivity index (χ3n) is 4.17. The van der Waals surface area contributed by atoms with Crippen molar-refractivity contribution in [2.45, 2.75) is 25.8 Å². The second-order valence-corrected chi connectivity index (χ2v) is 5.57. The van der Waals surface area contributed by atoms with Gasteiger partial charge in [-0.15, -0.1) is 0 Å². The van der Waals surface area contributed by atoms with Crippen molar-refractivity contribution < 1.29 is 0 Å². The van der Waals surface area contributed by atoms with E-state index in [0.717, 1.165) is 28.2 Å². The van der Waals surface area contributed by atoms with E-state index in [1.807, 2.05) is 22.9 Å². The first-order chi connectivity index (χ1) is 9.75. The second-order valence-electron chi connectivity index (χ2n) is 5.57. The predicted octanol–water partition coefficient (Wildman–Crippen LogP) is 2.98. The Balaban J connectivity index is 1.94. The number of hydrogen-bond acceptors (Lipinski definition) is 3. The molecule has 1 aliphatic rings. The zero-order valence-electron chi connectivity index (χ0n) is 11.4. The Morgan fingerprint density at radius 3 is 2.75 bits per heavy atom. The number of nitrogens with two attached hydrogens (primary N) is 1. The minimum atomic E-state index is 0.373. The van der Waals surface area contributed by atoms with E-state index in [9.17, 15) is 0 Å². The van der Waals surface area contributed by atoms with Gasteiger partial charge in [0.25, 0.3) is 0 Å². The molecule has 0 amide bonds. The summed E-state index contributed by atoms with van der Waals surface area (Å²) in [6.45, 7) is 2.21. The van der Waals surface area contributed by atoms with Crippen molar-refractivity contribution >= 4 is 16.9 Å². The van der Waals surface area contributed by atoms with Crippen LogP contribution in [0.5, 0.6) is 0 Å². The summed E-state index contributed by atoms with van der Waals surface area (Å²) in [7, 11) is 0. The second kappa shape index (κ2) is 4.10. The van der Waals surface area contributed by atoms with Crippen LogP contribution in [0.4, 0.5) is 5.82 Å². The molecule has 2 aromatic heterocycles. The van der Waals surface area contributed by atoms with E-state index in [4.69, 9.17) is 10.8 Å². The van der Waals surface area contributed by atoms with E-state index in [0.29, 0.717) is 11.9 Å². The van der Waals surface area contributed by atoms with Gasteiger partial charge in [-0.25, -0.2) is 4.68 Å². The van der Waals surface area contributed by atoms with Gasteiger partial charge in [-0.05, 0) is 25.7 Å². The van der Waals surface area contributed by atoms with Gasteiger partial charge in [0.05, 0.1) is 11.4 Å². The molecule has 0 spiro atoms. The first kappa shape index (κ1) is 11.5. The molecule has 0 radical (unpaired) electrons. The van der Waals surface area contributed by atoms with Crippen molar-refractivity contribution in [3.05, 3.63) is 30.3 Å². The zero-order valence-corrected chi connectivity index (χ0v) is 11.4. The molecule has 1 unspecified atom stereocenters. The number of fused-ring (bicyclic) bond motifs is 1. The molecule has 1 saturated carbocycles. The van der Waals surface area contributed by atoms with E-state index in [1.165, 1.54) is 12.8 Å². The molecule has 0 bridgehead atoms. The Morgan fingerprint density at radius 1 is 1.30 bits per heavy atom. The molecule has 20 heavy (non-hydrogen) atoms. The lowest BCUT2D eigenvalue weighted by Gasteiger charge is -2.10. The average Bonchev–Trinajstić information content (AvgIpc) is 3.16. The smallest absolute Gasteiger partial charge is 0.182 e. The number of benzene rings is 1. The van der Waals surface area contributed by atoms with Gasteiger partial charge in [0.2, 0.25) is 0 Å². The van der Waals surface area contributed by atoms with E-state index < -0.39 is 0 Å². The van der Waals surface area contributed by atoms with Gasteiger partial charge in [-0.1, -0.05) is 30.3 Å². The third-order valence-corrected chi connectivity index (χ3v) is 4.17. The fraction of sp³-hybridized carbons (Fsp3) is 0.333. The van der Waals surface area contributed by atoms with Gasteiger partial charge in [0, 0.05) is 5.56 Å². The molecule has 1 aromatic carbocycles. The molecule has 1 fully saturated rings. The Hall–Kier alpha value is -2.30. The lowest BCUT2D eigenvalue weighted by Crippen LogP contribution is -2.09. The standard InChI is InChI=1S/C15H17N5/c1-9(10-7-8-10)20-15-12(14(16)17-18-15)13(19-20)11-5-3-2-4-6-11/h2-6,9-10H,7-8H2,1H3,(H3,16,17,18). The van der Waals surface area contributed by atoms with Gasteiger partial charge in [-0.3, -0.25) is 5.10 Å². The van der Waals surface area contributed by atoms with Crippen LogP contribution in [0.15, 0.2) is 30.3 Å². The molecule has 3 aromatic rings. The highest BCUT2D eigenvalue weighted by Gasteiger charge is 2.32. The minimum Gasteiger partial charge on any atom is -0.383 e. The molecule has 3 N–H and O–H groups in total. The van der Waals surface area contributed by atoms with Crippen molar-refractivity contribution in [1.29, 1.82) is 0 Å². The quantitative estimate of drug-likeness (QED) is 0.766. The molecule has 1 aliphatic carbocycles. The monoisotopic (exact) mass is 267 g/mol. The molecule has 102 valence electrons. The SMILES string of the molecule is CC(C1CC1)n1nc(-c2ccccc2)c2c(N)[nH]nc21. The Bertz CT molecular complexity index is 751. The van der Waals surface area contributed by atoms with Crippen LogP contribution in [0.2, 0.25) is 0 Å². The molecule has 0 aliphatic heterocycles. The van der Waals surface area contributed by atoms with Crippen LogP contribution in [0.25, 0.3) is 22.3 Å². The lowest BCUT2D eigenvalue weighted by atomic mass is 10.1. The number of nitrogens with one attached hydrogen (secondary N) is 1. The van der Waals surface area contributed by atoms with Crippen LogP contribution in [0, 0.1) is 5.92 Å². The van der Waals surface area contributed by atoms with Crippen molar-refractivity contribution in [3.63, 3.8) is 0 Å². The summed E-state index contributed by atoms with van der Waals surface area (Å²) in [4.78, 5) is 0. The summed E-state index contributed by atoms with van der Waals surface area (Å²) in [6, 6.07) is 10.5. The number of aromatic amines is 1. The van der Waals surface area contributed by atoms with Gasteiger partial charge >= 0.3 is 0 Å². The maximum Gasteiger partial charge on any atom is 0.182 e. The molecule has 5 heteroatoms. The predicted molar refractivity (Wildman–Crippen MR) is 79.2 cm³/mol. The molecule has 1 atom stereocenters. The summed E-state index contributed by atoms with van der Waals surface area (Å²) in [5.74, 6) is 1.31. The number of rotatable bonds is 3. The van der Waals surface area contributed by atoms with Gasteiger partial charge in [0.15, 0.2) is 5.65 Å². The largest absolute Gasteiger partial charge is 0.383 e. The topological polar surface area (TPSA) is 72.5 Å². The molecular formula is C15H17N5. The normalized spacial score (nSPS) is 16.6. The van der Waals surface area contributed by atoms with Crippen LogP contribution in [0.1, 0.15) is 25.8 Å². The van der Waals surface area contributed by atoms with E-state index in [-0.39, 0.29) is 0 Å².